The fourth-order valence-corrected chi connectivity index (χ4v) is 3.34. The molecule has 26 heavy (non-hydrogen) atoms. The van der Waals surface area contributed by atoms with E-state index in [1.54, 1.807) is 6.07 Å². The van der Waals surface area contributed by atoms with Gasteiger partial charge in [0.15, 0.2) is 0 Å². The number of amides is 1. The lowest BCUT2D eigenvalue weighted by atomic mass is 10.2. The molecule has 10 heteroatoms. The number of hydrogen-bond donors (Lipinski definition) is 2. The van der Waals surface area contributed by atoms with Gasteiger partial charge in [0.2, 0.25) is 10.0 Å². The number of rotatable bonds is 7. The van der Waals surface area contributed by atoms with Gasteiger partial charge >= 0.3 is 0 Å². The minimum atomic E-state index is -3.52. The van der Waals surface area contributed by atoms with E-state index in [1.807, 2.05) is 0 Å². The van der Waals surface area contributed by atoms with Crippen molar-refractivity contribution < 1.29 is 13.2 Å². The molecule has 1 heterocycles. The van der Waals surface area contributed by atoms with Crippen LogP contribution in [0.25, 0.3) is 0 Å². The van der Waals surface area contributed by atoms with Crippen LogP contribution in [0.15, 0.2) is 41.4 Å². The van der Waals surface area contributed by atoms with Crippen molar-refractivity contribution in [2.75, 3.05) is 32.5 Å². The van der Waals surface area contributed by atoms with Gasteiger partial charge in [-0.05, 0) is 30.3 Å². The van der Waals surface area contributed by atoms with Gasteiger partial charge in [0.25, 0.3) is 5.91 Å². The molecule has 0 aliphatic rings. The molecule has 0 aliphatic heterocycles. The van der Waals surface area contributed by atoms with Crippen LogP contribution in [0.1, 0.15) is 10.4 Å². The molecule has 1 amide bonds. The van der Waals surface area contributed by atoms with Gasteiger partial charge in [-0.2, -0.15) is 0 Å². The minimum absolute atomic E-state index is 0.129. The number of anilines is 1. The van der Waals surface area contributed by atoms with Gasteiger partial charge in [0, 0.05) is 38.9 Å². The van der Waals surface area contributed by atoms with Crippen molar-refractivity contribution in [1.29, 1.82) is 0 Å². The van der Waals surface area contributed by atoms with E-state index in [-0.39, 0.29) is 10.8 Å². The van der Waals surface area contributed by atoms with Crippen LogP contribution in [-0.4, -0.2) is 50.8 Å². The first-order chi connectivity index (χ1) is 12.2. The lowest BCUT2D eigenvalue weighted by Crippen LogP contribution is -2.29. The Hall–Kier alpha value is -1.87. The van der Waals surface area contributed by atoms with Gasteiger partial charge in [-0.3, -0.25) is 4.79 Å². The summed E-state index contributed by atoms with van der Waals surface area (Å²) in [5, 5.41) is 6.54. The molecule has 0 atom stereocenters. The molecule has 0 radical (unpaired) electrons. The first-order valence-electron chi connectivity index (χ1n) is 7.57. The van der Waals surface area contributed by atoms with E-state index in [1.165, 1.54) is 44.6 Å². The normalized spacial score (nSPS) is 11.4. The van der Waals surface area contributed by atoms with Crippen LogP contribution in [-0.2, 0) is 10.0 Å². The molecule has 7 nitrogen and oxygen atoms in total. The Morgan fingerprint density at radius 1 is 1.15 bits per heavy atom. The zero-order valence-corrected chi connectivity index (χ0v) is 16.5. The number of nitrogens with zero attached hydrogens (tertiary/aromatic N) is 2. The van der Waals surface area contributed by atoms with E-state index >= 15 is 0 Å². The Morgan fingerprint density at radius 2 is 1.81 bits per heavy atom. The molecule has 1 aromatic heterocycles. The molecule has 0 bridgehead atoms. The van der Waals surface area contributed by atoms with Gasteiger partial charge in [0.05, 0.1) is 14.9 Å². The van der Waals surface area contributed by atoms with Crippen LogP contribution >= 0.6 is 23.2 Å². The fraction of sp³-hybridized carbons (Fsp3) is 0.250. The predicted octanol–water partition coefficient (Wildman–Crippen LogP) is 2.48. The van der Waals surface area contributed by atoms with Crippen molar-refractivity contribution in [2.24, 2.45) is 0 Å². The molecule has 2 rings (SSSR count). The summed E-state index contributed by atoms with van der Waals surface area (Å²) in [6.07, 6.45) is 1.47. The molecule has 0 aliphatic carbocycles. The van der Waals surface area contributed by atoms with E-state index in [2.05, 4.69) is 15.6 Å². The third kappa shape index (κ3) is 5.07. The van der Waals surface area contributed by atoms with Crippen LogP contribution in [0.2, 0.25) is 10.0 Å². The van der Waals surface area contributed by atoms with Gasteiger partial charge in [0.1, 0.15) is 5.82 Å². The highest BCUT2D eigenvalue weighted by atomic mass is 35.5. The Balaban J connectivity index is 1.88. The highest BCUT2D eigenvalue weighted by Gasteiger charge is 2.17. The number of pyridine rings is 1. The number of nitrogens with one attached hydrogen (secondary N) is 2. The number of carbonyl (C=O) groups is 1. The van der Waals surface area contributed by atoms with Crippen LogP contribution in [0.4, 0.5) is 5.82 Å². The number of aromatic nitrogens is 1. The maximum absolute atomic E-state index is 12.1. The minimum Gasteiger partial charge on any atom is -0.367 e. The molecule has 0 saturated heterocycles. The van der Waals surface area contributed by atoms with Crippen LogP contribution in [0.5, 0.6) is 0 Å². The molecular formula is C16H18Cl2N4O3S. The third-order valence-corrected chi connectivity index (χ3v) is 5.73. The second-order valence-electron chi connectivity index (χ2n) is 5.48. The SMILES string of the molecule is CN(C)S(=O)(=O)c1ccc(C(=O)NCCNc2ncc(Cl)cc2Cl)cc1. The summed E-state index contributed by atoms with van der Waals surface area (Å²) in [7, 11) is -0.617. The second-order valence-corrected chi connectivity index (χ2v) is 8.47. The maximum Gasteiger partial charge on any atom is 0.251 e. The molecule has 0 spiro atoms. The summed E-state index contributed by atoms with van der Waals surface area (Å²) in [5.41, 5.74) is 0.366. The first-order valence-corrected chi connectivity index (χ1v) is 9.77. The number of benzene rings is 1. The maximum atomic E-state index is 12.1. The largest absolute Gasteiger partial charge is 0.367 e. The van der Waals surface area contributed by atoms with Crippen molar-refractivity contribution in [3.05, 3.63) is 52.1 Å². The van der Waals surface area contributed by atoms with E-state index < -0.39 is 10.0 Å². The van der Waals surface area contributed by atoms with Crippen LogP contribution in [0, 0.1) is 0 Å². The summed E-state index contributed by atoms with van der Waals surface area (Å²) >= 11 is 11.8. The molecule has 0 unspecified atom stereocenters. The average molecular weight is 417 g/mol. The number of sulfonamides is 1. The monoisotopic (exact) mass is 416 g/mol. The average Bonchev–Trinajstić information content (AvgIpc) is 2.60. The number of halogens is 2. The highest BCUT2D eigenvalue weighted by molar-refractivity contribution is 7.89. The predicted molar refractivity (Wildman–Crippen MR) is 102 cm³/mol. The van der Waals surface area contributed by atoms with E-state index in [9.17, 15) is 13.2 Å². The first kappa shape index (κ1) is 20.4. The Kier molecular flexibility index (Phi) is 6.82. The van der Waals surface area contributed by atoms with E-state index in [4.69, 9.17) is 23.2 Å². The lowest BCUT2D eigenvalue weighted by molar-refractivity contribution is 0.0955. The Labute approximate surface area is 162 Å². The van der Waals surface area contributed by atoms with Crippen molar-refractivity contribution in [3.63, 3.8) is 0 Å². The van der Waals surface area contributed by atoms with Gasteiger partial charge in [-0.1, -0.05) is 23.2 Å². The molecule has 2 N–H and O–H groups in total. The summed E-state index contributed by atoms with van der Waals surface area (Å²) in [6, 6.07) is 7.31. The zero-order chi connectivity index (χ0) is 19.3. The van der Waals surface area contributed by atoms with Gasteiger partial charge < -0.3 is 10.6 Å². The fourth-order valence-electron chi connectivity index (χ4n) is 1.99. The topological polar surface area (TPSA) is 91.4 Å². The van der Waals surface area contributed by atoms with Crippen LogP contribution in [0.3, 0.4) is 0 Å². The highest BCUT2D eigenvalue weighted by Crippen LogP contribution is 2.22. The quantitative estimate of drug-likeness (QED) is 0.676. The summed E-state index contributed by atoms with van der Waals surface area (Å²) in [6.45, 7) is 0.740. The van der Waals surface area contributed by atoms with Gasteiger partial charge in [-0.15, -0.1) is 0 Å². The van der Waals surface area contributed by atoms with Crippen molar-refractivity contribution in [1.82, 2.24) is 14.6 Å². The molecule has 0 fully saturated rings. The lowest BCUT2D eigenvalue weighted by Gasteiger charge is -2.12. The van der Waals surface area contributed by atoms with Crippen molar-refractivity contribution >= 4 is 45.0 Å². The number of hydrogen-bond acceptors (Lipinski definition) is 5. The summed E-state index contributed by atoms with van der Waals surface area (Å²) in [4.78, 5) is 16.3. The standard InChI is InChI=1S/C16H18Cl2N4O3S/c1-22(2)26(24,25)13-5-3-11(4-6-13)16(23)20-8-7-19-15-14(18)9-12(17)10-21-15/h3-6,9-10H,7-8H2,1-2H3,(H,19,21)(H,20,23). The van der Waals surface area contributed by atoms with Crippen LogP contribution < -0.4 is 10.6 Å². The number of carbonyl (C=O) groups excluding carboxylic acids is 1. The van der Waals surface area contributed by atoms with E-state index in [0.29, 0.717) is 34.5 Å². The Morgan fingerprint density at radius 3 is 2.38 bits per heavy atom. The van der Waals surface area contributed by atoms with Crippen molar-refractivity contribution in [3.8, 4) is 0 Å². The molecular weight excluding hydrogens is 399 g/mol. The zero-order valence-electron chi connectivity index (χ0n) is 14.2. The summed E-state index contributed by atoms with van der Waals surface area (Å²) < 4.78 is 25.1. The molecule has 1 aromatic carbocycles. The Bertz CT molecular complexity index is 887. The molecule has 0 saturated carbocycles. The molecule has 140 valence electrons. The smallest absolute Gasteiger partial charge is 0.251 e. The van der Waals surface area contributed by atoms with E-state index in [0.717, 1.165) is 4.31 Å². The third-order valence-electron chi connectivity index (χ3n) is 3.41. The summed E-state index contributed by atoms with van der Waals surface area (Å²) in [5.74, 6) is 0.166. The second kappa shape index (κ2) is 8.68. The molecule has 2 aromatic rings. The van der Waals surface area contributed by atoms with Crippen molar-refractivity contribution in [2.45, 2.75) is 4.90 Å². The van der Waals surface area contributed by atoms with Gasteiger partial charge in [-0.25, -0.2) is 17.7 Å².